The molecule has 0 bridgehead atoms. The highest BCUT2D eigenvalue weighted by Gasteiger charge is 2.31. The van der Waals surface area contributed by atoms with E-state index in [-0.39, 0.29) is 12.4 Å². The molecule has 0 saturated heterocycles. The van der Waals surface area contributed by atoms with Crippen LogP contribution in [-0.2, 0) is 11.3 Å². The van der Waals surface area contributed by atoms with Crippen LogP contribution in [0.5, 0.6) is 0 Å². The highest BCUT2D eigenvalue weighted by Crippen LogP contribution is 2.41. The van der Waals surface area contributed by atoms with Gasteiger partial charge < -0.3 is 9.84 Å². The molecule has 1 fully saturated rings. The van der Waals surface area contributed by atoms with Gasteiger partial charge in [0, 0.05) is 16.7 Å². The van der Waals surface area contributed by atoms with Crippen molar-refractivity contribution in [1.82, 2.24) is 14.8 Å². The van der Waals surface area contributed by atoms with Crippen LogP contribution in [0.15, 0.2) is 46.9 Å². The second-order valence-electron chi connectivity index (χ2n) is 6.45. The third-order valence-electron chi connectivity index (χ3n) is 4.23. The van der Waals surface area contributed by atoms with Crippen LogP contribution in [0.4, 0.5) is 4.39 Å². The van der Waals surface area contributed by atoms with Crippen molar-refractivity contribution in [3.05, 3.63) is 52.5 Å². The fraction of sp³-hybridized carbons (Fsp3) is 0.368. The lowest BCUT2D eigenvalue weighted by Crippen LogP contribution is -2.18. The Morgan fingerprint density at radius 1 is 1.26 bits per heavy atom. The van der Waals surface area contributed by atoms with Crippen molar-refractivity contribution < 1.29 is 14.2 Å². The summed E-state index contributed by atoms with van der Waals surface area (Å²) >= 11 is 3.07. The minimum atomic E-state index is -0.601. The van der Waals surface area contributed by atoms with Gasteiger partial charge in [-0.1, -0.05) is 30.0 Å². The number of aliphatic hydroxyl groups is 1. The number of thioether (sulfide) groups is 1. The maximum absolute atomic E-state index is 14.2. The number of halogens is 1. The summed E-state index contributed by atoms with van der Waals surface area (Å²) in [6.07, 6.45) is 1.48. The van der Waals surface area contributed by atoms with E-state index in [2.05, 4.69) is 10.2 Å². The Kier molecular flexibility index (Phi) is 5.87. The predicted octanol–water partition coefficient (Wildman–Crippen LogP) is 4.15. The number of nitrogens with zero attached hydrogens (tertiary/aromatic N) is 3. The maximum Gasteiger partial charge on any atom is 0.191 e. The lowest BCUT2D eigenvalue weighted by Gasteiger charge is -2.12. The Morgan fingerprint density at radius 2 is 2.11 bits per heavy atom. The zero-order chi connectivity index (χ0) is 18.6. The van der Waals surface area contributed by atoms with Gasteiger partial charge in [-0.3, -0.25) is 4.57 Å². The predicted molar refractivity (Wildman–Crippen MR) is 104 cm³/mol. The average molecular weight is 406 g/mol. The van der Waals surface area contributed by atoms with E-state index >= 15 is 0 Å². The minimum absolute atomic E-state index is 0.267. The van der Waals surface area contributed by atoms with Crippen molar-refractivity contribution in [2.24, 2.45) is 0 Å². The molecule has 0 aliphatic heterocycles. The van der Waals surface area contributed by atoms with Crippen LogP contribution in [0.2, 0.25) is 0 Å². The van der Waals surface area contributed by atoms with Gasteiger partial charge in [0.25, 0.3) is 0 Å². The molecule has 1 atom stereocenters. The van der Waals surface area contributed by atoms with Crippen molar-refractivity contribution in [2.75, 3.05) is 12.4 Å². The number of aliphatic hydroxyl groups excluding tert-OH is 1. The smallest absolute Gasteiger partial charge is 0.191 e. The molecule has 8 heteroatoms. The van der Waals surface area contributed by atoms with Crippen LogP contribution in [-0.4, -0.2) is 38.3 Å². The van der Waals surface area contributed by atoms with Gasteiger partial charge in [0.05, 0.1) is 24.9 Å². The number of ether oxygens (including phenoxy) is 1. The number of benzene rings is 1. The molecular weight excluding hydrogens is 385 g/mol. The zero-order valence-corrected chi connectivity index (χ0v) is 16.3. The van der Waals surface area contributed by atoms with Crippen molar-refractivity contribution in [2.45, 2.75) is 36.8 Å². The molecule has 2 aromatic heterocycles. The molecule has 0 radical (unpaired) electrons. The summed E-state index contributed by atoms with van der Waals surface area (Å²) in [7, 11) is 0. The van der Waals surface area contributed by atoms with Gasteiger partial charge in [-0.15, -0.1) is 21.5 Å². The van der Waals surface area contributed by atoms with E-state index in [1.807, 2.05) is 22.1 Å². The summed E-state index contributed by atoms with van der Waals surface area (Å²) in [5.41, 5.74) is 0.462. The van der Waals surface area contributed by atoms with E-state index in [4.69, 9.17) is 4.74 Å². The van der Waals surface area contributed by atoms with E-state index in [1.165, 1.54) is 17.8 Å². The monoisotopic (exact) mass is 405 g/mol. The van der Waals surface area contributed by atoms with Gasteiger partial charge in [-0.2, -0.15) is 0 Å². The Morgan fingerprint density at radius 3 is 2.85 bits per heavy atom. The van der Waals surface area contributed by atoms with E-state index in [9.17, 15) is 9.50 Å². The molecule has 1 saturated carbocycles. The quantitative estimate of drug-likeness (QED) is 0.542. The number of hydrogen-bond acceptors (Lipinski definition) is 6. The molecule has 142 valence electrons. The first kappa shape index (κ1) is 18.6. The number of rotatable bonds is 9. The first-order chi connectivity index (χ1) is 13.2. The van der Waals surface area contributed by atoms with Gasteiger partial charge in [0.1, 0.15) is 5.82 Å². The topological polar surface area (TPSA) is 60.2 Å². The fourth-order valence-corrected chi connectivity index (χ4v) is 4.32. The van der Waals surface area contributed by atoms with Gasteiger partial charge in [-0.05, 0) is 36.4 Å². The van der Waals surface area contributed by atoms with Crippen LogP contribution in [0, 0.1) is 5.82 Å². The fourth-order valence-electron chi connectivity index (χ4n) is 2.77. The van der Waals surface area contributed by atoms with Gasteiger partial charge in [0.2, 0.25) is 0 Å². The number of aromatic nitrogens is 3. The largest absolute Gasteiger partial charge is 0.390 e. The summed E-state index contributed by atoms with van der Waals surface area (Å²) < 4.78 is 21.7. The molecule has 0 spiro atoms. The van der Waals surface area contributed by atoms with E-state index in [0.29, 0.717) is 34.9 Å². The summed E-state index contributed by atoms with van der Waals surface area (Å²) in [5, 5.41) is 21.4. The standard InChI is InChI=1S/C19H20FN3O2S2/c20-17-6-2-1-5-16(17)18-21-22-19(23(18)13-7-8-13)27-12-14(24)10-25-11-15-4-3-9-26-15/h1-6,9,13-14,24H,7-8,10-12H2/t14-/m1/s1. The lowest BCUT2D eigenvalue weighted by molar-refractivity contribution is 0.0408. The van der Waals surface area contributed by atoms with Gasteiger partial charge in [-0.25, -0.2) is 4.39 Å². The first-order valence-electron chi connectivity index (χ1n) is 8.83. The molecule has 2 heterocycles. The molecule has 3 aromatic rings. The molecule has 0 amide bonds. The van der Waals surface area contributed by atoms with E-state index in [1.54, 1.807) is 29.5 Å². The van der Waals surface area contributed by atoms with E-state index < -0.39 is 6.10 Å². The highest BCUT2D eigenvalue weighted by molar-refractivity contribution is 7.99. The third-order valence-corrected chi connectivity index (χ3v) is 6.17. The molecule has 1 aliphatic carbocycles. The lowest BCUT2D eigenvalue weighted by atomic mass is 10.2. The Hall–Kier alpha value is -1.74. The van der Waals surface area contributed by atoms with Crippen LogP contribution < -0.4 is 0 Å². The first-order valence-corrected chi connectivity index (χ1v) is 10.7. The van der Waals surface area contributed by atoms with Gasteiger partial charge in [0.15, 0.2) is 11.0 Å². The maximum atomic E-state index is 14.2. The third kappa shape index (κ3) is 4.57. The summed E-state index contributed by atoms with van der Waals surface area (Å²) in [4.78, 5) is 1.14. The number of hydrogen-bond donors (Lipinski definition) is 1. The summed E-state index contributed by atoms with van der Waals surface area (Å²) in [6, 6.07) is 10.9. The zero-order valence-electron chi connectivity index (χ0n) is 14.6. The van der Waals surface area contributed by atoms with Crippen molar-refractivity contribution in [3.8, 4) is 11.4 Å². The van der Waals surface area contributed by atoms with Crippen LogP contribution in [0.1, 0.15) is 23.8 Å². The Balaban J connectivity index is 1.38. The molecule has 1 aliphatic rings. The molecular formula is C19H20FN3O2S2. The van der Waals surface area contributed by atoms with Crippen molar-refractivity contribution >= 4 is 23.1 Å². The minimum Gasteiger partial charge on any atom is -0.390 e. The van der Waals surface area contributed by atoms with Crippen LogP contribution >= 0.6 is 23.1 Å². The molecule has 27 heavy (non-hydrogen) atoms. The van der Waals surface area contributed by atoms with Crippen molar-refractivity contribution in [1.29, 1.82) is 0 Å². The average Bonchev–Trinajstić information content (AvgIpc) is 3.20. The summed E-state index contributed by atoms with van der Waals surface area (Å²) in [5.74, 6) is 0.707. The molecule has 1 aromatic carbocycles. The van der Waals surface area contributed by atoms with Crippen LogP contribution in [0.25, 0.3) is 11.4 Å². The SMILES string of the molecule is O[C@H](COCc1cccs1)CSc1nnc(-c2ccccc2F)n1C1CC1. The Labute approximate surface area is 165 Å². The van der Waals surface area contributed by atoms with Gasteiger partial charge >= 0.3 is 0 Å². The summed E-state index contributed by atoms with van der Waals surface area (Å²) in [6.45, 7) is 0.776. The Bertz CT molecular complexity index is 881. The molecule has 1 N–H and O–H groups in total. The van der Waals surface area contributed by atoms with E-state index in [0.717, 1.165) is 17.7 Å². The second-order valence-corrected chi connectivity index (χ2v) is 8.47. The normalized spacial score (nSPS) is 15.2. The highest BCUT2D eigenvalue weighted by atomic mass is 32.2. The van der Waals surface area contributed by atoms with Crippen molar-refractivity contribution in [3.63, 3.8) is 0 Å². The number of thiophene rings is 1. The second kappa shape index (κ2) is 8.52. The molecule has 0 unspecified atom stereocenters. The molecule has 4 rings (SSSR count). The van der Waals surface area contributed by atoms with Crippen LogP contribution in [0.3, 0.4) is 0 Å². The molecule has 5 nitrogen and oxygen atoms in total.